The molecule has 8 heteroatoms. The van der Waals surface area contributed by atoms with Crippen molar-refractivity contribution in [3.8, 4) is 11.5 Å². The molecule has 0 aliphatic rings. The lowest BCUT2D eigenvalue weighted by atomic mass is 10.1. The molecule has 1 amide bonds. The van der Waals surface area contributed by atoms with Gasteiger partial charge in [0.2, 0.25) is 0 Å². The Balaban J connectivity index is 1.89. The van der Waals surface area contributed by atoms with E-state index in [4.69, 9.17) is 9.47 Å². The Labute approximate surface area is 154 Å². The minimum atomic E-state index is -0.533. The summed E-state index contributed by atoms with van der Waals surface area (Å²) in [5.41, 5.74) is 3.44. The number of carbonyl (C=O) groups is 1. The Morgan fingerprint density at radius 3 is 2.56 bits per heavy atom. The van der Waals surface area contributed by atoms with Gasteiger partial charge in [-0.05, 0) is 25.1 Å². The molecule has 27 heavy (non-hydrogen) atoms. The van der Waals surface area contributed by atoms with E-state index >= 15 is 0 Å². The third-order valence-corrected chi connectivity index (χ3v) is 4.03. The van der Waals surface area contributed by atoms with E-state index in [-0.39, 0.29) is 11.3 Å². The summed E-state index contributed by atoms with van der Waals surface area (Å²) in [4.78, 5) is 24.3. The third-order valence-electron chi connectivity index (χ3n) is 4.03. The number of hydrazone groups is 1. The zero-order chi connectivity index (χ0) is 19.4. The van der Waals surface area contributed by atoms with Gasteiger partial charge < -0.3 is 9.47 Å². The van der Waals surface area contributed by atoms with Crippen molar-refractivity contribution in [2.45, 2.75) is 6.92 Å². The van der Waals surface area contributed by atoms with Crippen molar-refractivity contribution in [2.75, 3.05) is 14.2 Å². The monoisotopic (exact) mass is 366 g/mol. The number of hydrogen-bond donors (Lipinski definition) is 2. The van der Waals surface area contributed by atoms with E-state index in [9.17, 15) is 9.59 Å². The predicted octanol–water partition coefficient (Wildman–Crippen LogP) is 2.09. The molecule has 0 aliphatic heterocycles. The summed E-state index contributed by atoms with van der Waals surface area (Å²) < 4.78 is 10.5. The first-order valence-electron chi connectivity index (χ1n) is 8.09. The maximum absolute atomic E-state index is 12.5. The SMILES string of the molecule is COc1ccc(/C(C)=N\NC(=O)c2n[nH]c(=O)c3ccccc23)c(OC)c1. The summed E-state index contributed by atoms with van der Waals surface area (Å²) in [7, 11) is 3.11. The predicted molar refractivity (Wildman–Crippen MR) is 102 cm³/mol. The summed E-state index contributed by atoms with van der Waals surface area (Å²) in [5, 5.41) is 11.1. The molecule has 0 radical (unpaired) electrons. The van der Waals surface area contributed by atoms with Crippen LogP contribution < -0.4 is 20.5 Å². The van der Waals surface area contributed by atoms with E-state index in [1.807, 2.05) is 0 Å². The molecule has 0 fully saturated rings. The molecule has 0 saturated carbocycles. The molecule has 0 unspecified atom stereocenters. The topological polar surface area (TPSA) is 106 Å². The van der Waals surface area contributed by atoms with Gasteiger partial charge in [-0.1, -0.05) is 18.2 Å². The smallest absolute Gasteiger partial charge is 0.292 e. The van der Waals surface area contributed by atoms with Crippen LogP contribution in [0.4, 0.5) is 0 Å². The Bertz CT molecular complexity index is 1090. The van der Waals surface area contributed by atoms with E-state index in [2.05, 4.69) is 20.7 Å². The Kier molecular flexibility index (Phi) is 5.16. The van der Waals surface area contributed by atoms with Crippen LogP contribution in [0.2, 0.25) is 0 Å². The average Bonchev–Trinajstić information content (AvgIpc) is 2.71. The van der Waals surface area contributed by atoms with Crippen LogP contribution in [-0.2, 0) is 0 Å². The van der Waals surface area contributed by atoms with Crippen LogP contribution in [0.3, 0.4) is 0 Å². The largest absolute Gasteiger partial charge is 0.497 e. The van der Waals surface area contributed by atoms with Crippen molar-refractivity contribution in [3.05, 3.63) is 64.1 Å². The second kappa shape index (κ2) is 7.69. The second-order valence-electron chi connectivity index (χ2n) is 5.65. The fourth-order valence-corrected chi connectivity index (χ4v) is 2.63. The van der Waals surface area contributed by atoms with Gasteiger partial charge in [0.25, 0.3) is 11.5 Å². The van der Waals surface area contributed by atoms with E-state index in [0.29, 0.717) is 33.5 Å². The zero-order valence-corrected chi connectivity index (χ0v) is 15.1. The standard InChI is InChI=1S/C19H18N4O4/c1-11(13-9-8-12(26-2)10-16(13)27-3)20-23-19(25)17-14-6-4-5-7-15(14)18(24)22-21-17/h4-10H,1-3H3,(H,22,24)(H,23,25)/b20-11-. The highest BCUT2D eigenvalue weighted by molar-refractivity contribution is 6.06. The normalized spacial score (nSPS) is 11.3. The Morgan fingerprint density at radius 1 is 1.11 bits per heavy atom. The van der Waals surface area contributed by atoms with E-state index in [0.717, 1.165) is 0 Å². The highest BCUT2D eigenvalue weighted by Crippen LogP contribution is 2.25. The molecule has 0 aliphatic carbocycles. The zero-order valence-electron chi connectivity index (χ0n) is 15.1. The molecule has 3 aromatic rings. The molecule has 0 spiro atoms. The van der Waals surface area contributed by atoms with Crippen LogP contribution in [-0.4, -0.2) is 36.0 Å². The van der Waals surface area contributed by atoms with E-state index in [1.54, 1.807) is 63.6 Å². The molecule has 1 aromatic heterocycles. The summed E-state index contributed by atoms with van der Waals surface area (Å²) in [5.74, 6) is 0.683. The first kappa shape index (κ1) is 18.1. The van der Waals surface area contributed by atoms with Gasteiger partial charge in [0.1, 0.15) is 11.5 Å². The van der Waals surface area contributed by atoms with Crippen LogP contribution in [0.1, 0.15) is 23.0 Å². The number of aromatic amines is 1. The number of aromatic nitrogens is 2. The number of hydrogen-bond acceptors (Lipinski definition) is 6. The molecule has 3 rings (SSSR count). The van der Waals surface area contributed by atoms with Gasteiger partial charge in [-0.3, -0.25) is 9.59 Å². The number of H-pyrrole nitrogens is 1. The summed E-state index contributed by atoms with van der Waals surface area (Å²) >= 11 is 0. The van der Waals surface area contributed by atoms with Crippen molar-refractivity contribution < 1.29 is 14.3 Å². The molecule has 1 heterocycles. The number of rotatable bonds is 5. The van der Waals surface area contributed by atoms with Crippen molar-refractivity contribution in [2.24, 2.45) is 5.10 Å². The first-order valence-corrected chi connectivity index (χ1v) is 8.09. The van der Waals surface area contributed by atoms with E-state index in [1.165, 1.54) is 0 Å². The van der Waals surface area contributed by atoms with Crippen molar-refractivity contribution in [3.63, 3.8) is 0 Å². The van der Waals surface area contributed by atoms with Crippen molar-refractivity contribution >= 4 is 22.4 Å². The van der Waals surface area contributed by atoms with Crippen LogP contribution >= 0.6 is 0 Å². The van der Waals surface area contributed by atoms with Gasteiger partial charge in [-0.2, -0.15) is 10.2 Å². The number of amides is 1. The molecule has 2 aromatic carbocycles. The molecule has 8 nitrogen and oxygen atoms in total. The first-order chi connectivity index (χ1) is 13.0. The Morgan fingerprint density at radius 2 is 1.85 bits per heavy atom. The summed E-state index contributed by atoms with van der Waals surface area (Å²) in [6.45, 7) is 1.74. The van der Waals surface area contributed by atoms with E-state index < -0.39 is 5.91 Å². The maximum atomic E-state index is 12.5. The van der Waals surface area contributed by atoms with Gasteiger partial charge in [0.15, 0.2) is 5.69 Å². The maximum Gasteiger partial charge on any atom is 0.292 e. The van der Waals surface area contributed by atoms with Gasteiger partial charge in [-0.15, -0.1) is 0 Å². The van der Waals surface area contributed by atoms with Gasteiger partial charge in [0, 0.05) is 17.0 Å². The number of methoxy groups -OCH3 is 2. The minimum absolute atomic E-state index is 0.0865. The molecule has 0 saturated heterocycles. The molecule has 0 bridgehead atoms. The number of ether oxygens (including phenoxy) is 2. The van der Waals surface area contributed by atoms with Gasteiger partial charge in [-0.25, -0.2) is 10.5 Å². The number of nitrogens with zero attached hydrogens (tertiary/aromatic N) is 2. The fourth-order valence-electron chi connectivity index (χ4n) is 2.63. The lowest BCUT2D eigenvalue weighted by Gasteiger charge is -2.10. The molecular formula is C19H18N4O4. The lowest BCUT2D eigenvalue weighted by molar-refractivity contribution is 0.0950. The quantitative estimate of drug-likeness (QED) is 0.531. The number of nitrogens with one attached hydrogen (secondary N) is 2. The van der Waals surface area contributed by atoms with Gasteiger partial charge >= 0.3 is 0 Å². The molecule has 138 valence electrons. The third kappa shape index (κ3) is 3.64. The molecule has 0 atom stereocenters. The summed E-state index contributed by atoms with van der Waals surface area (Å²) in [6, 6.07) is 12.0. The second-order valence-corrected chi connectivity index (χ2v) is 5.65. The van der Waals surface area contributed by atoms with Crippen LogP contribution in [0, 0.1) is 0 Å². The van der Waals surface area contributed by atoms with Gasteiger partial charge in [0.05, 0.1) is 25.3 Å². The average molecular weight is 366 g/mol. The highest BCUT2D eigenvalue weighted by atomic mass is 16.5. The summed E-state index contributed by atoms with van der Waals surface area (Å²) in [6.07, 6.45) is 0. The van der Waals surface area contributed by atoms with Crippen molar-refractivity contribution in [1.82, 2.24) is 15.6 Å². The number of fused-ring (bicyclic) bond motifs is 1. The fraction of sp³-hybridized carbons (Fsp3) is 0.158. The van der Waals surface area contributed by atoms with Crippen molar-refractivity contribution in [1.29, 1.82) is 0 Å². The highest BCUT2D eigenvalue weighted by Gasteiger charge is 2.14. The van der Waals surface area contributed by atoms with Crippen LogP contribution in [0.15, 0.2) is 52.4 Å². The molecular weight excluding hydrogens is 348 g/mol. The minimum Gasteiger partial charge on any atom is -0.497 e. The molecule has 2 N–H and O–H groups in total. The van der Waals surface area contributed by atoms with Crippen LogP contribution in [0.25, 0.3) is 10.8 Å². The van der Waals surface area contributed by atoms with Crippen LogP contribution in [0.5, 0.6) is 11.5 Å². The number of carbonyl (C=O) groups excluding carboxylic acids is 1. The lowest BCUT2D eigenvalue weighted by Crippen LogP contribution is -2.23. The number of benzene rings is 2. The Hall–Kier alpha value is -3.68.